The number of nitrogens with two attached hydrogens (primary N) is 1. The highest BCUT2D eigenvalue weighted by Crippen LogP contribution is 2.30. The molecule has 5 N–H and O–H groups in total. The Balaban J connectivity index is 1.52. The van der Waals surface area contributed by atoms with Crippen molar-refractivity contribution in [2.45, 2.75) is 45.3 Å². The van der Waals surface area contributed by atoms with Crippen LogP contribution in [0.2, 0.25) is 0 Å². The Bertz CT molecular complexity index is 1090. The van der Waals surface area contributed by atoms with E-state index < -0.39 is 0 Å². The maximum absolute atomic E-state index is 13.7. The number of carbonyl (C=O) groups excluding carboxylic acids is 1. The molecule has 0 radical (unpaired) electrons. The van der Waals surface area contributed by atoms with Gasteiger partial charge in [0.25, 0.3) is 0 Å². The van der Waals surface area contributed by atoms with Crippen molar-refractivity contribution in [1.82, 2.24) is 20.5 Å². The summed E-state index contributed by atoms with van der Waals surface area (Å²) in [5, 5.41) is 16.0. The first-order valence-electron chi connectivity index (χ1n) is 10.5. The summed E-state index contributed by atoms with van der Waals surface area (Å²) < 4.78 is 18.8. The van der Waals surface area contributed by atoms with Gasteiger partial charge in [-0.15, -0.1) is 10.2 Å². The third kappa shape index (κ3) is 4.24. The van der Waals surface area contributed by atoms with E-state index in [0.717, 1.165) is 23.1 Å². The highest BCUT2D eigenvalue weighted by atomic mass is 19.1. The fourth-order valence-electron chi connectivity index (χ4n) is 4.05. The number of ether oxygens (including phenoxy) is 1. The molecule has 164 valence electrons. The number of hydrogen-bond acceptors (Lipinski definition) is 7. The molecule has 0 saturated carbocycles. The van der Waals surface area contributed by atoms with Crippen LogP contribution in [0.1, 0.15) is 30.9 Å². The van der Waals surface area contributed by atoms with Gasteiger partial charge < -0.3 is 26.1 Å². The van der Waals surface area contributed by atoms with Crippen molar-refractivity contribution < 1.29 is 13.9 Å². The lowest BCUT2D eigenvalue weighted by Gasteiger charge is -2.30. The first-order chi connectivity index (χ1) is 15.0. The number of benzene rings is 1. The highest BCUT2D eigenvalue weighted by molar-refractivity contribution is 5.85. The third-order valence-corrected chi connectivity index (χ3v) is 5.78. The molecule has 0 aliphatic carbocycles. The molecule has 4 rings (SSSR count). The summed E-state index contributed by atoms with van der Waals surface area (Å²) in [5.74, 6) is 0.164. The number of nitrogens with one attached hydrogen (secondary N) is 3. The van der Waals surface area contributed by atoms with Gasteiger partial charge in [0.2, 0.25) is 0 Å². The normalized spacial score (nSPS) is 18.8. The molecule has 1 fully saturated rings. The van der Waals surface area contributed by atoms with E-state index in [9.17, 15) is 9.18 Å². The number of piperidine rings is 1. The molecule has 2 atom stereocenters. The largest absolute Gasteiger partial charge is 0.465 e. The van der Waals surface area contributed by atoms with Crippen molar-refractivity contribution in [3.63, 3.8) is 0 Å². The molecule has 1 aliphatic heterocycles. The molecule has 0 unspecified atom stereocenters. The molecule has 0 bridgehead atoms. The number of nitrogens with zero attached hydrogens (tertiary/aromatic N) is 2. The van der Waals surface area contributed by atoms with Gasteiger partial charge in [0.05, 0.1) is 12.3 Å². The zero-order valence-corrected chi connectivity index (χ0v) is 17.7. The predicted octanol–water partition coefficient (Wildman–Crippen LogP) is 2.63. The molecule has 1 aliphatic rings. The maximum atomic E-state index is 13.7. The van der Waals surface area contributed by atoms with Crippen molar-refractivity contribution >= 4 is 22.7 Å². The number of aromatic nitrogens is 3. The van der Waals surface area contributed by atoms with Crippen molar-refractivity contribution in [2.75, 3.05) is 18.5 Å². The number of H-pyrrole nitrogens is 1. The molecule has 0 spiro atoms. The van der Waals surface area contributed by atoms with Crippen LogP contribution in [0, 0.1) is 12.7 Å². The molecule has 2 aromatic heterocycles. The summed E-state index contributed by atoms with van der Waals surface area (Å²) in [6.45, 7) is 5.07. The lowest BCUT2D eigenvalue weighted by atomic mass is 9.99. The van der Waals surface area contributed by atoms with Gasteiger partial charge in [-0.2, -0.15) is 0 Å². The van der Waals surface area contributed by atoms with E-state index in [0.29, 0.717) is 48.5 Å². The summed E-state index contributed by atoms with van der Waals surface area (Å²) in [5.41, 5.74) is 10.1. The molecule has 1 saturated heterocycles. The number of fused-ring (bicyclic) bond motifs is 1. The van der Waals surface area contributed by atoms with E-state index in [2.05, 4.69) is 25.8 Å². The molecule has 8 nitrogen and oxygen atoms in total. The lowest BCUT2D eigenvalue weighted by molar-refractivity contribution is -0.146. The van der Waals surface area contributed by atoms with Crippen LogP contribution < -0.4 is 16.4 Å². The van der Waals surface area contributed by atoms with Crippen molar-refractivity contribution in [3.8, 4) is 11.3 Å². The zero-order chi connectivity index (χ0) is 22.0. The van der Waals surface area contributed by atoms with Crippen LogP contribution in [-0.2, 0) is 16.1 Å². The van der Waals surface area contributed by atoms with E-state index in [1.165, 1.54) is 6.20 Å². The summed E-state index contributed by atoms with van der Waals surface area (Å²) in [4.78, 5) is 14.8. The molecule has 31 heavy (non-hydrogen) atoms. The molecule has 0 amide bonds. The average molecular weight is 426 g/mol. The second kappa shape index (κ2) is 8.99. The van der Waals surface area contributed by atoms with Crippen LogP contribution in [0.5, 0.6) is 0 Å². The van der Waals surface area contributed by atoms with Crippen molar-refractivity contribution in [3.05, 3.63) is 41.3 Å². The summed E-state index contributed by atoms with van der Waals surface area (Å²) in [6, 6.07) is 5.27. The van der Waals surface area contributed by atoms with Gasteiger partial charge in [0, 0.05) is 47.4 Å². The Morgan fingerprint density at radius 3 is 2.90 bits per heavy atom. The van der Waals surface area contributed by atoms with Crippen LogP contribution in [0.25, 0.3) is 22.2 Å². The number of anilines is 1. The van der Waals surface area contributed by atoms with E-state index in [4.69, 9.17) is 10.5 Å². The Morgan fingerprint density at radius 2 is 2.19 bits per heavy atom. The highest BCUT2D eigenvalue weighted by Gasteiger charge is 2.27. The van der Waals surface area contributed by atoms with E-state index in [1.807, 2.05) is 19.1 Å². The van der Waals surface area contributed by atoms with Crippen molar-refractivity contribution in [1.29, 1.82) is 0 Å². The average Bonchev–Trinajstić information content (AvgIpc) is 3.15. The van der Waals surface area contributed by atoms with Gasteiger partial charge in [-0.05, 0) is 44.4 Å². The summed E-state index contributed by atoms with van der Waals surface area (Å²) in [6.07, 6.45) is 2.83. The standard InChI is InChI=1S/C22H27FN6O2/c1-3-31-22(30)18-7-5-14(10-25-18)27-21-16(9-24)12(2)20(28-29-21)13-4-6-15-17(23)11-26-19(15)8-13/h4,6,8,11,14,18,25-26H,3,5,7,9-10,24H2,1-2H3,(H,27,29)/t14-,18+/m1/s1. The minimum Gasteiger partial charge on any atom is -0.465 e. The Kier molecular flexibility index (Phi) is 6.15. The van der Waals surface area contributed by atoms with Crippen LogP contribution in [0.4, 0.5) is 10.2 Å². The number of esters is 1. The van der Waals surface area contributed by atoms with Gasteiger partial charge >= 0.3 is 5.97 Å². The van der Waals surface area contributed by atoms with Crippen molar-refractivity contribution in [2.24, 2.45) is 5.73 Å². The molecule has 9 heteroatoms. The lowest BCUT2D eigenvalue weighted by Crippen LogP contribution is -2.49. The van der Waals surface area contributed by atoms with Crippen LogP contribution in [0.15, 0.2) is 24.4 Å². The van der Waals surface area contributed by atoms with Crippen LogP contribution in [-0.4, -0.2) is 46.4 Å². The topological polar surface area (TPSA) is 118 Å². The second-order valence-electron chi connectivity index (χ2n) is 7.73. The monoisotopic (exact) mass is 426 g/mol. The number of aromatic amines is 1. The first-order valence-corrected chi connectivity index (χ1v) is 10.5. The fourth-order valence-corrected chi connectivity index (χ4v) is 4.05. The molecular formula is C22H27FN6O2. The number of halogens is 1. The summed E-state index contributed by atoms with van der Waals surface area (Å²) >= 11 is 0. The number of rotatable bonds is 6. The molecule has 1 aromatic carbocycles. The van der Waals surface area contributed by atoms with E-state index >= 15 is 0 Å². The van der Waals surface area contributed by atoms with Gasteiger partial charge in [-0.3, -0.25) is 4.79 Å². The Labute approximate surface area is 179 Å². The van der Waals surface area contributed by atoms with Gasteiger partial charge in [-0.1, -0.05) is 6.07 Å². The Morgan fingerprint density at radius 1 is 1.35 bits per heavy atom. The van der Waals surface area contributed by atoms with Gasteiger partial charge in [0.1, 0.15) is 11.9 Å². The maximum Gasteiger partial charge on any atom is 0.323 e. The second-order valence-corrected chi connectivity index (χ2v) is 7.73. The number of carbonyl (C=O) groups is 1. The Hall–Kier alpha value is -3.04. The first kappa shape index (κ1) is 21.2. The molecule has 3 aromatic rings. The van der Waals surface area contributed by atoms with Gasteiger partial charge in [-0.25, -0.2) is 4.39 Å². The molecule has 3 heterocycles. The molecular weight excluding hydrogens is 399 g/mol. The zero-order valence-electron chi connectivity index (χ0n) is 17.7. The van der Waals surface area contributed by atoms with Gasteiger partial charge in [0.15, 0.2) is 5.82 Å². The van der Waals surface area contributed by atoms with E-state index in [-0.39, 0.29) is 23.9 Å². The fraction of sp³-hybridized carbons (Fsp3) is 0.409. The smallest absolute Gasteiger partial charge is 0.323 e. The summed E-state index contributed by atoms with van der Waals surface area (Å²) in [7, 11) is 0. The van der Waals surface area contributed by atoms with E-state index in [1.54, 1.807) is 13.0 Å². The third-order valence-electron chi connectivity index (χ3n) is 5.78. The predicted molar refractivity (Wildman–Crippen MR) is 117 cm³/mol. The SMILES string of the molecule is CCOC(=O)[C@@H]1CC[C@@H](Nc2nnc(-c3ccc4c(F)c[nH]c4c3)c(C)c2CN)CN1. The minimum atomic E-state index is -0.280. The quantitative estimate of drug-likeness (QED) is 0.448. The van der Waals surface area contributed by atoms with Crippen LogP contribution >= 0.6 is 0 Å². The van der Waals surface area contributed by atoms with Crippen LogP contribution in [0.3, 0.4) is 0 Å². The number of hydrogen-bond donors (Lipinski definition) is 4. The minimum absolute atomic E-state index is 0.105.